The average molecular weight is 264 g/mol. The first-order chi connectivity index (χ1) is 8.99. The van der Waals surface area contributed by atoms with Crippen molar-refractivity contribution in [3.05, 3.63) is 46.1 Å². The normalized spacial score (nSPS) is 18.6. The van der Waals surface area contributed by atoms with E-state index in [-0.39, 0.29) is 17.2 Å². The Balaban J connectivity index is 2.26. The fourth-order valence-corrected chi connectivity index (χ4v) is 1.51. The number of dihydropyridines is 1. The van der Waals surface area contributed by atoms with Crippen LogP contribution in [0.3, 0.4) is 0 Å². The van der Waals surface area contributed by atoms with Crippen molar-refractivity contribution in [2.45, 2.75) is 13.0 Å². The van der Waals surface area contributed by atoms with Crippen molar-refractivity contribution < 1.29 is 23.7 Å². The number of furan rings is 1. The standard InChI is InChI=1S/C11H8N2O6/c1-6-5-8(9(13(16)17)10(14)12-6)19-11(15)7-3-2-4-18-7/h2-5,9H,1H3. The number of hydrogen-bond acceptors (Lipinski definition) is 6. The van der Waals surface area contributed by atoms with Crippen LogP contribution in [0.5, 0.6) is 0 Å². The summed E-state index contributed by atoms with van der Waals surface area (Å²) in [5, 5.41) is 10.8. The number of nitro groups is 1. The molecule has 0 N–H and O–H groups in total. The van der Waals surface area contributed by atoms with Gasteiger partial charge in [-0.15, -0.1) is 0 Å². The lowest BCUT2D eigenvalue weighted by Gasteiger charge is -2.13. The molecule has 0 spiro atoms. The van der Waals surface area contributed by atoms with E-state index >= 15 is 0 Å². The second-order valence-corrected chi connectivity index (χ2v) is 3.69. The lowest BCUT2D eigenvalue weighted by atomic mass is 10.1. The van der Waals surface area contributed by atoms with Gasteiger partial charge in [0.05, 0.1) is 6.26 Å². The predicted octanol–water partition coefficient (Wildman–Crippen LogP) is 0.967. The second kappa shape index (κ2) is 4.84. The van der Waals surface area contributed by atoms with Crippen molar-refractivity contribution in [3.63, 3.8) is 0 Å². The summed E-state index contributed by atoms with van der Waals surface area (Å²) in [5.41, 5.74) is 0.227. The van der Waals surface area contributed by atoms with Crippen LogP contribution in [0.25, 0.3) is 0 Å². The van der Waals surface area contributed by atoms with Crippen LogP contribution < -0.4 is 0 Å². The quantitative estimate of drug-likeness (QED) is 0.456. The van der Waals surface area contributed by atoms with Gasteiger partial charge < -0.3 is 9.15 Å². The molecule has 1 aliphatic heterocycles. The number of allylic oxidation sites excluding steroid dienone is 1. The van der Waals surface area contributed by atoms with Gasteiger partial charge in [-0.2, -0.15) is 0 Å². The zero-order chi connectivity index (χ0) is 14.0. The molecule has 8 nitrogen and oxygen atoms in total. The van der Waals surface area contributed by atoms with Crippen molar-refractivity contribution in [3.8, 4) is 0 Å². The molecule has 1 aromatic heterocycles. The molecule has 0 saturated heterocycles. The zero-order valence-electron chi connectivity index (χ0n) is 9.73. The van der Waals surface area contributed by atoms with E-state index in [1.54, 1.807) is 0 Å². The van der Waals surface area contributed by atoms with E-state index in [1.807, 2.05) is 0 Å². The molecule has 0 bridgehead atoms. The van der Waals surface area contributed by atoms with Crippen LogP contribution in [0.4, 0.5) is 0 Å². The zero-order valence-corrected chi connectivity index (χ0v) is 9.73. The highest BCUT2D eigenvalue weighted by molar-refractivity contribution is 6.06. The molecular formula is C11H8N2O6. The number of aliphatic imine (C=N–C) groups is 1. The summed E-state index contributed by atoms with van der Waals surface area (Å²) < 4.78 is 9.63. The van der Waals surface area contributed by atoms with Crippen LogP contribution >= 0.6 is 0 Å². The summed E-state index contributed by atoms with van der Waals surface area (Å²) in [7, 11) is 0. The number of amides is 1. The van der Waals surface area contributed by atoms with Gasteiger partial charge in [0.1, 0.15) is 0 Å². The number of carbonyl (C=O) groups is 2. The molecule has 0 saturated carbocycles. The van der Waals surface area contributed by atoms with E-state index in [0.717, 1.165) is 0 Å². The van der Waals surface area contributed by atoms with E-state index in [4.69, 9.17) is 9.15 Å². The summed E-state index contributed by atoms with van der Waals surface area (Å²) in [6.07, 6.45) is 2.43. The maximum Gasteiger partial charge on any atom is 0.379 e. The Morgan fingerprint density at radius 3 is 2.89 bits per heavy atom. The van der Waals surface area contributed by atoms with Gasteiger partial charge in [0, 0.05) is 16.7 Å². The summed E-state index contributed by atoms with van der Waals surface area (Å²) in [6.45, 7) is 1.47. The van der Waals surface area contributed by atoms with Crippen LogP contribution in [0, 0.1) is 10.1 Å². The smallest absolute Gasteiger partial charge is 0.379 e. The SMILES string of the molecule is CC1=NC(=O)C([N+](=O)[O-])C(OC(=O)c2ccco2)=C1. The van der Waals surface area contributed by atoms with Crippen molar-refractivity contribution in [1.82, 2.24) is 0 Å². The number of carbonyl (C=O) groups excluding carboxylic acids is 2. The van der Waals surface area contributed by atoms with E-state index < -0.39 is 22.8 Å². The molecule has 2 heterocycles. The third kappa shape index (κ3) is 2.57. The third-order valence-corrected chi connectivity index (χ3v) is 2.28. The van der Waals surface area contributed by atoms with Crippen molar-refractivity contribution in [2.75, 3.05) is 0 Å². The predicted molar refractivity (Wildman–Crippen MR) is 61.1 cm³/mol. The van der Waals surface area contributed by atoms with Crippen LogP contribution in [-0.2, 0) is 9.53 Å². The first-order valence-corrected chi connectivity index (χ1v) is 5.19. The topological polar surface area (TPSA) is 112 Å². The van der Waals surface area contributed by atoms with Gasteiger partial charge in [-0.3, -0.25) is 14.9 Å². The first-order valence-electron chi connectivity index (χ1n) is 5.19. The van der Waals surface area contributed by atoms with Gasteiger partial charge in [0.25, 0.3) is 0 Å². The molecule has 1 aliphatic rings. The monoisotopic (exact) mass is 264 g/mol. The van der Waals surface area contributed by atoms with E-state index in [2.05, 4.69) is 4.99 Å². The summed E-state index contributed by atoms with van der Waals surface area (Å²) in [6, 6.07) is 1.01. The summed E-state index contributed by atoms with van der Waals surface area (Å²) in [4.78, 5) is 36.5. The highest BCUT2D eigenvalue weighted by atomic mass is 16.6. The molecule has 1 unspecified atom stereocenters. The van der Waals surface area contributed by atoms with E-state index in [0.29, 0.717) is 0 Å². The molecule has 2 rings (SSSR count). The van der Waals surface area contributed by atoms with Gasteiger partial charge in [-0.05, 0) is 19.1 Å². The van der Waals surface area contributed by atoms with Gasteiger partial charge in [-0.1, -0.05) is 0 Å². The molecule has 0 aliphatic carbocycles. The number of ether oxygens (including phenoxy) is 1. The number of hydrogen-bond donors (Lipinski definition) is 0. The Morgan fingerprint density at radius 1 is 1.58 bits per heavy atom. The highest BCUT2D eigenvalue weighted by Gasteiger charge is 2.39. The molecule has 1 aromatic rings. The minimum Gasteiger partial charge on any atom is -0.457 e. The average Bonchev–Trinajstić information content (AvgIpc) is 2.80. The minimum absolute atomic E-state index is 0.115. The van der Waals surface area contributed by atoms with Gasteiger partial charge >= 0.3 is 17.9 Å². The van der Waals surface area contributed by atoms with Gasteiger partial charge in [-0.25, -0.2) is 9.79 Å². The summed E-state index contributed by atoms with van der Waals surface area (Å²) >= 11 is 0. The minimum atomic E-state index is -1.80. The Morgan fingerprint density at radius 2 is 2.32 bits per heavy atom. The lowest BCUT2D eigenvalue weighted by molar-refractivity contribution is -0.501. The number of esters is 1. The molecule has 1 amide bonds. The lowest BCUT2D eigenvalue weighted by Crippen LogP contribution is -2.35. The first kappa shape index (κ1) is 12.7. The third-order valence-electron chi connectivity index (χ3n) is 2.28. The maximum atomic E-state index is 11.6. The summed E-state index contributed by atoms with van der Waals surface area (Å²) in [5.74, 6) is -2.38. The largest absolute Gasteiger partial charge is 0.457 e. The van der Waals surface area contributed by atoms with Crippen molar-refractivity contribution in [1.29, 1.82) is 0 Å². The van der Waals surface area contributed by atoms with Crippen molar-refractivity contribution in [2.24, 2.45) is 4.99 Å². The molecule has 98 valence electrons. The van der Waals surface area contributed by atoms with E-state index in [1.165, 1.54) is 31.4 Å². The molecular weight excluding hydrogens is 256 g/mol. The molecule has 0 radical (unpaired) electrons. The number of nitrogens with zero attached hydrogens (tertiary/aromatic N) is 2. The Kier molecular flexibility index (Phi) is 3.23. The Hall–Kier alpha value is -2.77. The van der Waals surface area contributed by atoms with Crippen LogP contribution in [-0.4, -0.2) is 28.6 Å². The van der Waals surface area contributed by atoms with Gasteiger partial charge in [0.15, 0.2) is 5.76 Å². The maximum absolute atomic E-state index is 11.6. The highest BCUT2D eigenvalue weighted by Crippen LogP contribution is 2.17. The molecule has 1 atom stereocenters. The fourth-order valence-electron chi connectivity index (χ4n) is 1.51. The van der Waals surface area contributed by atoms with Gasteiger partial charge in [0.2, 0.25) is 5.76 Å². The fraction of sp³-hybridized carbons (Fsp3) is 0.182. The van der Waals surface area contributed by atoms with Crippen LogP contribution in [0.1, 0.15) is 17.5 Å². The second-order valence-electron chi connectivity index (χ2n) is 3.69. The molecule has 0 fully saturated rings. The number of rotatable bonds is 3. The van der Waals surface area contributed by atoms with Crippen molar-refractivity contribution >= 4 is 17.6 Å². The molecule has 8 heteroatoms. The Bertz CT molecular complexity index is 599. The Labute approximate surface area is 106 Å². The van der Waals surface area contributed by atoms with Crippen LogP contribution in [0.15, 0.2) is 39.6 Å². The van der Waals surface area contributed by atoms with E-state index in [9.17, 15) is 19.7 Å². The molecule has 19 heavy (non-hydrogen) atoms. The molecule has 0 aromatic carbocycles. The van der Waals surface area contributed by atoms with Crippen LogP contribution in [0.2, 0.25) is 0 Å².